The van der Waals surface area contributed by atoms with Crippen molar-refractivity contribution in [1.82, 2.24) is 4.90 Å². The van der Waals surface area contributed by atoms with E-state index >= 15 is 0 Å². The Bertz CT molecular complexity index is 766. The van der Waals surface area contributed by atoms with Crippen LogP contribution in [0.2, 0.25) is 0 Å². The van der Waals surface area contributed by atoms with Gasteiger partial charge < -0.3 is 14.5 Å². The molecule has 0 unspecified atom stereocenters. The summed E-state index contributed by atoms with van der Waals surface area (Å²) in [5.74, 6) is 0.827. The van der Waals surface area contributed by atoms with Crippen molar-refractivity contribution in [3.63, 3.8) is 0 Å². The molecule has 0 aromatic heterocycles. The zero-order chi connectivity index (χ0) is 19.8. The molecule has 3 rings (SSSR count). The molecule has 0 spiro atoms. The van der Waals surface area contributed by atoms with E-state index in [4.69, 9.17) is 4.74 Å². The fourth-order valence-corrected chi connectivity index (χ4v) is 3.33. The number of benzene rings is 2. The molecular weight excluding hydrogens is 352 g/mol. The Labute approximate surface area is 166 Å². The van der Waals surface area contributed by atoms with Gasteiger partial charge in [-0.2, -0.15) is 0 Å². The van der Waals surface area contributed by atoms with E-state index in [0.717, 1.165) is 25.3 Å². The maximum Gasteiger partial charge on any atom is 0.223 e. The fourth-order valence-electron chi connectivity index (χ4n) is 3.33. The summed E-state index contributed by atoms with van der Waals surface area (Å²) in [6, 6.07) is 17.4. The molecule has 0 atom stereocenters. The van der Waals surface area contributed by atoms with Crippen LogP contribution in [0.4, 0.5) is 5.69 Å². The minimum Gasteiger partial charge on any atom is -0.494 e. The van der Waals surface area contributed by atoms with Crippen molar-refractivity contribution in [2.75, 3.05) is 37.7 Å². The fraction of sp³-hybridized carbons (Fsp3) is 0.391. The quantitative estimate of drug-likeness (QED) is 0.654. The van der Waals surface area contributed by atoms with Crippen LogP contribution in [0, 0.1) is 0 Å². The third-order valence-electron chi connectivity index (χ3n) is 4.97. The number of amides is 1. The molecule has 0 bridgehead atoms. The average molecular weight is 380 g/mol. The van der Waals surface area contributed by atoms with Gasteiger partial charge in [-0.25, -0.2) is 0 Å². The van der Waals surface area contributed by atoms with Crippen molar-refractivity contribution >= 4 is 17.4 Å². The Kier molecular flexibility index (Phi) is 7.06. The summed E-state index contributed by atoms with van der Waals surface area (Å²) in [5.41, 5.74) is 1.82. The van der Waals surface area contributed by atoms with Crippen LogP contribution < -0.4 is 9.64 Å². The predicted octanol–water partition coefficient (Wildman–Crippen LogP) is 3.79. The van der Waals surface area contributed by atoms with Gasteiger partial charge in [0.15, 0.2) is 5.78 Å². The van der Waals surface area contributed by atoms with Crippen LogP contribution in [0.25, 0.3) is 0 Å². The monoisotopic (exact) mass is 380 g/mol. The third-order valence-corrected chi connectivity index (χ3v) is 4.97. The van der Waals surface area contributed by atoms with Gasteiger partial charge in [0.25, 0.3) is 0 Å². The van der Waals surface area contributed by atoms with Crippen molar-refractivity contribution in [2.24, 2.45) is 0 Å². The molecular formula is C23H28N2O3. The van der Waals surface area contributed by atoms with Crippen LogP contribution in [0.1, 0.15) is 36.5 Å². The van der Waals surface area contributed by atoms with E-state index in [-0.39, 0.29) is 24.5 Å². The molecule has 1 fully saturated rings. The lowest BCUT2D eigenvalue weighted by molar-refractivity contribution is -0.131. The summed E-state index contributed by atoms with van der Waals surface area (Å²) in [5, 5.41) is 0. The molecule has 0 N–H and O–H groups in total. The molecule has 1 heterocycles. The zero-order valence-corrected chi connectivity index (χ0v) is 16.5. The smallest absolute Gasteiger partial charge is 0.223 e. The number of hydrogen-bond donors (Lipinski definition) is 0. The highest BCUT2D eigenvalue weighted by molar-refractivity contribution is 5.98. The topological polar surface area (TPSA) is 49.9 Å². The first-order chi connectivity index (χ1) is 13.7. The van der Waals surface area contributed by atoms with E-state index in [2.05, 4.69) is 24.0 Å². The zero-order valence-electron chi connectivity index (χ0n) is 16.5. The van der Waals surface area contributed by atoms with Gasteiger partial charge in [-0.1, -0.05) is 25.1 Å². The van der Waals surface area contributed by atoms with E-state index in [1.807, 2.05) is 35.2 Å². The molecule has 1 saturated heterocycles. The van der Waals surface area contributed by atoms with Gasteiger partial charge in [0.2, 0.25) is 5.91 Å². The molecule has 5 heteroatoms. The Morgan fingerprint density at radius 3 is 2.21 bits per heavy atom. The lowest BCUT2D eigenvalue weighted by Crippen LogP contribution is -2.48. The van der Waals surface area contributed by atoms with Gasteiger partial charge in [0.05, 0.1) is 6.61 Å². The van der Waals surface area contributed by atoms with E-state index in [0.29, 0.717) is 25.3 Å². The molecule has 0 saturated carbocycles. The largest absolute Gasteiger partial charge is 0.494 e. The highest BCUT2D eigenvalue weighted by atomic mass is 16.5. The Balaban J connectivity index is 1.43. The van der Waals surface area contributed by atoms with Gasteiger partial charge in [0, 0.05) is 50.3 Å². The number of nitrogens with zero attached hydrogens (tertiary/aromatic N) is 2. The number of ketones is 1. The second kappa shape index (κ2) is 9.93. The van der Waals surface area contributed by atoms with Crippen LogP contribution >= 0.6 is 0 Å². The minimum atomic E-state index is -0.00156. The van der Waals surface area contributed by atoms with Gasteiger partial charge in [0.1, 0.15) is 5.75 Å². The summed E-state index contributed by atoms with van der Waals surface area (Å²) in [7, 11) is 0. The highest BCUT2D eigenvalue weighted by Crippen LogP contribution is 2.17. The minimum absolute atomic E-state index is 0.00156. The third kappa shape index (κ3) is 5.35. The van der Waals surface area contributed by atoms with Crippen molar-refractivity contribution in [2.45, 2.75) is 26.2 Å². The second-order valence-corrected chi connectivity index (χ2v) is 7.00. The van der Waals surface area contributed by atoms with E-state index in [1.165, 1.54) is 5.69 Å². The lowest BCUT2D eigenvalue weighted by atomic mass is 10.1. The number of carbonyl (C=O) groups excluding carboxylic acids is 2. The second-order valence-electron chi connectivity index (χ2n) is 7.00. The maximum atomic E-state index is 12.5. The summed E-state index contributed by atoms with van der Waals surface area (Å²) in [6.07, 6.45) is 1.45. The molecule has 0 radical (unpaired) electrons. The lowest BCUT2D eigenvalue weighted by Gasteiger charge is -2.36. The summed E-state index contributed by atoms with van der Waals surface area (Å²) in [4.78, 5) is 29.0. The molecule has 5 nitrogen and oxygen atoms in total. The standard InChI is InChI=1S/C23H28N2O3/c1-2-18-28-21-10-8-19(9-11-21)22(26)12-13-23(27)25-16-14-24(15-17-25)20-6-4-3-5-7-20/h3-11H,2,12-18H2,1H3. The van der Waals surface area contributed by atoms with Crippen molar-refractivity contribution < 1.29 is 14.3 Å². The number of Topliss-reactive ketones (excluding diaryl/α,β-unsaturated/α-hetero) is 1. The molecule has 0 aliphatic carbocycles. The van der Waals surface area contributed by atoms with Crippen molar-refractivity contribution in [1.29, 1.82) is 0 Å². The van der Waals surface area contributed by atoms with Crippen molar-refractivity contribution in [3.8, 4) is 5.75 Å². The van der Waals surface area contributed by atoms with Crippen LogP contribution in [0.15, 0.2) is 54.6 Å². The van der Waals surface area contributed by atoms with E-state index < -0.39 is 0 Å². The summed E-state index contributed by atoms with van der Waals surface area (Å²) >= 11 is 0. The number of anilines is 1. The normalized spacial score (nSPS) is 14.0. The van der Waals surface area contributed by atoms with Crippen LogP contribution in [0.3, 0.4) is 0 Å². The predicted molar refractivity (Wildman–Crippen MR) is 111 cm³/mol. The number of rotatable bonds is 8. The average Bonchev–Trinajstić information content (AvgIpc) is 2.77. The van der Waals surface area contributed by atoms with Gasteiger partial charge >= 0.3 is 0 Å². The molecule has 1 amide bonds. The molecule has 2 aromatic rings. The molecule has 148 valence electrons. The van der Waals surface area contributed by atoms with Crippen LogP contribution in [0.5, 0.6) is 5.75 Å². The first-order valence-electron chi connectivity index (χ1n) is 10.0. The molecule has 28 heavy (non-hydrogen) atoms. The van der Waals surface area contributed by atoms with Gasteiger partial charge in [-0.05, 0) is 42.8 Å². The van der Waals surface area contributed by atoms with Gasteiger partial charge in [-0.3, -0.25) is 9.59 Å². The van der Waals surface area contributed by atoms with E-state index in [1.54, 1.807) is 12.1 Å². The highest BCUT2D eigenvalue weighted by Gasteiger charge is 2.21. The molecule has 1 aliphatic rings. The van der Waals surface area contributed by atoms with Crippen LogP contribution in [-0.4, -0.2) is 49.4 Å². The Morgan fingerprint density at radius 1 is 0.893 bits per heavy atom. The first kappa shape index (κ1) is 19.9. The Hall–Kier alpha value is -2.82. The molecule has 1 aliphatic heterocycles. The number of ether oxygens (including phenoxy) is 1. The Morgan fingerprint density at radius 2 is 1.57 bits per heavy atom. The number of carbonyl (C=O) groups is 2. The van der Waals surface area contributed by atoms with Crippen molar-refractivity contribution in [3.05, 3.63) is 60.2 Å². The summed E-state index contributed by atoms with van der Waals surface area (Å²) in [6.45, 7) is 5.76. The number of para-hydroxylation sites is 1. The first-order valence-corrected chi connectivity index (χ1v) is 10.0. The maximum absolute atomic E-state index is 12.5. The van der Waals surface area contributed by atoms with Crippen LogP contribution in [-0.2, 0) is 4.79 Å². The van der Waals surface area contributed by atoms with Gasteiger partial charge in [-0.15, -0.1) is 0 Å². The SMILES string of the molecule is CCCOc1ccc(C(=O)CCC(=O)N2CCN(c3ccccc3)CC2)cc1. The number of hydrogen-bond acceptors (Lipinski definition) is 4. The molecule has 2 aromatic carbocycles. The van der Waals surface area contributed by atoms with E-state index in [9.17, 15) is 9.59 Å². The summed E-state index contributed by atoms with van der Waals surface area (Å²) < 4.78 is 5.53. The number of piperazine rings is 1.